The van der Waals surface area contributed by atoms with E-state index >= 15 is 0 Å². The standard InChI is InChI=1S/C22H23ClFN3O3/c1-25-19(28)14-30-21(20(25)15-2-6-17(24)7-3-15)22(29)27-12-10-26(11-13-27)18-8-4-16(23)5-9-18/h2-9,20-21H,10-14H2,1H3. The maximum atomic E-state index is 13.4. The third-order valence-electron chi connectivity index (χ3n) is 5.72. The van der Waals surface area contributed by atoms with Crippen LogP contribution in [0.5, 0.6) is 0 Å². The molecule has 8 heteroatoms. The molecular weight excluding hydrogens is 409 g/mol. The first kappa shape index (κ1) is 20.6. The highest BCUT2D eigenvalue weighted by molar-refractivity contribution is 6.30. The van der Waals surface area contributed by atoms with E-state index < -0.39 is 12.1 Å². The highest BCUT2D eigenvalue weighted by Gasteiger charge is 2.42. The van der Waals surface area contributed by atoms with Crippen LogP contribution in [0.15, 0.2) is 48.5 Å². The van der Waals surface area contributed by atoms with Gasteiger partial charge in [0.1, 0.15) is 12.4 Å². The lowest BCUT2D eigenvalue weighted by Gasteiger charge is -2.42. The minimum atomic E-state index is -0.819. The SMILES string of the molecule is CN1C(=O)COC(C(=O)N2CCN(c3ccc(Cl)cc3)CC2)C1c1ccc(F)cc1. The number of hydrogen-bond acceptors (Lipinski definition) is 4. The summed E-state index contributed by atoms with van der Waals surface area (Å²) in [5.41, 5.74) is 1.74. The van der Waals surface area contributed by atoms with Gasteiger partial charge < -0.3 is 19.4 Å². The second-order valence-corrected chi connectivity index (χ2v) is 7.96. The average molecular weight is 432 g/mol. The number of nitrogens with zero attached hydrogens (tertiary/aromatic N) is 3. The fraction of sp³-hybridized carbons (Fsp3) is 0.364. The topological polar surface area (TPSA) is 53.1 Å². The number of anilines is 1. The summed E-state index contributed by atoms with van der Waals surface area (Å²) in [6.07, 6.45) is -0.819. The van der Waals surface area contributed by atoms with Crippen molar-refractivity contribution >= 4 is 29.1 Å². The Morgan fingerprint density at radius 3 is 2.30 bits per heavy atom. The van der Waals surface area contributed by atoms with Crippen LogP contribution in [0.25, 0.3) is 0 Å². The largest absolute Gasteiger partial charge is 0.368 e. The van der Waals surface area contributed by atoms with E-state index in [1.165, 1.54) is 17.0 Å². The van der Waals surface area contributed by atoms with Crippen molar-refractivity contribution in [3.05, 3.63) is 64.9 Å². The van der Waals surface area contributed by atoms with Crippen LogP contribution in [-0.2, 0) is 14.3 Å². The van der Waals surface area contributed by atoms with Crippen molar-refractivity contribution in [3.63, 3.8) is 0 Å². The molecule has 2 aliphatic heterocycles. The van der Waals surface area contributed by atoms with Gasteiger partial charge in [-0.15, -0.1) is 0 Å². The van der Waals surface area contributed by atoms with Gasteiger partial charge in [0.2, 0.25) is 5.91 Å². The summed E-state index contributed by atoms with van der Waals surface area (Å²) >= 11 is 5.96. The third kappa shape index (κ3) is 4.13. The molecule has 0 aromatic heterocycles. The normalized spacial score (nSPS) is 22.4. The Kier molecular flexibility index (Phi) is 5.92. The Hall–Kier alpha value is -2.64. The highest BCUT2D eigenvalue weighted by atomic mass is 35.5. The third-order valence-corrected chi connectivity index (χ3v) is 5.97. The molecule has 158 valence electrons. The van der Waals surface area contributed by atoms with E-state index in [1.807, 2.05) is 24.3 Å². The van der Waals surface area contributed by atoms with Gasteiger partial charge in [-0.2, -0.15) is 0 Å². The maximum Gasteiger partial charge on any atom is 0.254 e. The Balaban J connectivity index is 1.48. The Bertz CT molecular complexity index is 914. The number of likely N-dealkylation sites (N-methyl/N-ethyl adjacent to an activating group) is 1. The minimum Gasteiger partial charge on any atom is -0.368 e. The molecule has 2 heterocycles. The number of carbonyl (C=O) groups excluding carboxylic acids is 2. The van der Waals surface area contributed by atoms with Gasteiger partial charge >= 0.3 is 0 Å². The fourth-order valence-corrected chi connectivity index (χ4v) is 4.12. The van der Waals surface area contributed by atoms with Crippen molar-refractivity contribution in [1.82, 2.24) is 9.80 Å². The molecule has 2 atom stereocenters. The summed E-state index contributed by atoms with van der Waals surface area (Å²) in [6, 6.07) is 12.9. The first-order valence-electron chi connectivity index (χ1n) is 9.86. The number of carbonyl (C=O) groups is 2. The van der Waals surface area contributed by atoms with Crippen LogP contribution in [0.2, 0.25) is 5.02 Å². The molecule has 0 radical (unpaired) electrons. The molecule has 2 aromatic carbocycles. The van der Waals surface area contributed by atoms with E-state index in [2.05, 4.69) is 4.90 Å². The molecule has 2 aliphatic rings. The van der Waals surface area contributed by atoms with E-state index in [0.717, 1.165) is 5.69 Å². The van der Waals surface area contributed by atoms with Crippen LogP contribution in [0, 0.1) is 5.82 Å². The van der Waals surface area contributed by atoms with Gasteiger partial charge in [-0.05, 0) is 42.0 Å². The van der Waals surface area contributed by atoms with Crippen LogP contribution < -0.4 is 4.90 Å². The van der Waals surface area contributed by atoms with Gasteiger partial charge in [0.15, 0.2) is 6.10 Å². The number of hydrogen-bond donors (Lipinski definition) is 0. The smallest absolute Gasteiger partial charge is 0.254 e. The molecule has 2 saturated heterocycles. The Morgan fingerprint density at radius 1 is 1.03 bits per heavy atom. The monoisotopic (exact) mass is 431 g/mol. The summed E-state index contributed by atoms with van der Waals surface area (Å²) < 4.78 is 19.1. The van der Waals surface area contributed by atoms with E-state index in [0.29, 0.717) is 36.8 Å². The number of ether oxygens (including phenoxy) is 1. The summed E-state index contributed by atoms with van der Waals surface area (Å²) in [7, 11) is 1.65. The van der Waals surface area contributed by atoms with E-state index in [1.54, 1.807) is 24.1 Å². The summed E-state index contributed by atoms with van der Waals surface area (Å²) in [5.74, 6) is -0.731. The van der Waals surface area contributed by atoms with Crippen LogP contribution in [0.4, 0.5) is 10.1 Å². The molecule has 0 saturated carbocycles. The molecule has 2 fully saturated rings. The van der Waals surface area contributed by atoms with E-state index in [4.69, 9.17) is 16.3 Å². The van der Waals surface area contributed by atoms with Crippen molar-refractivity contribution in [2.24, 2.45) is 0 Å². The zero-order valence-corrected chi connectivity index (χ0v) is 17.4. The zero-order valence-electron chi connectivity index (χ0n) is 16.6. The molecule has 2 aromatic rings. The highest BCUT2D eigenvalue weighted by Crippen LogP contribution is 2.31. The lowest BCUT2D eigenvalue weighted by atomic mass is 9.97. The number of piperazine rings is 1. The predicted octanol–water partition coefficient (Wildman–Crippen LogP) is 2.73. The number of benzene rings is 2. The number of amides is 2. The fourth-order valence-electron chi connectivity index (χ4n) is 3.99. The molecule has 2 amide bonds. The summed E-state index contributed by atoms with van der Waals surface area (Å²) in [6.45, 7) is 2.34. The Labute approximate surface area is 179 Å². The second kappa shape index (κ2) is 8.62. The lowest BCUT2D eigenvalue weighted by molar-refractivity contribution is -0.167. The van der Waals surface area contributed by atoms with Gasteiger partial charge in [0, 0.05) is 43.9 Å². The molecule has 30 heavy (non-hydrogen) atoms. The van der Waals surface area contributed by atoms with Gasteiger partial charge in [-0.1, -0.05) is 23.7 Å². The number of morpholine rings is 1. The first-order chi connectivity index (χ1) is 14.4. The zero-order chi connectivity index (χ0) is 21.3. The van der Waals surface area contributed by atoms with E-state index in [-0.39, 0.29) is 24.2 Å². The quantitative estimate of drug-likeness (QED) is 0.750. The van der Waals surface area contributed by atoms with Crippen molar-refractivity contribution in [1.29, 1.82) is 0 Å². The molecule has 0 spiro atoms. The van der Waals surface area contributed by atoms with Crippen molar-refractivity contribution in [2.45, 2.75) is 12.1 Å². The molecule has 0 N–H and O–H groups in total. The Morgan fingerprint density at radius 2 is 1.67 bits per heavy atom. The molecule has 2 unspecified atom stereocenters. The molecular formula is C22H23ClFN3O3. The maximum absolute atomic E-state index is 13.4. The number of halogens is 2. The molecule has 0 aliphatic carbocycles. The van der Waals surface area contributed by atoms with Crippen LogP contribution >= 0.6 is 11.6 Å². The molecule has 0 bridgehead atoms. The summed E-state index contributed by atoms with van der Waals surface area (Å²) in [4.78, 5) is 31.0. The summed E-state index contributed by atoms with van der Waals surface area (Å²) in [5, 5.41) is 0.688. The van der Waals surface area contributed by atoms with Crippen molar-refractivity contribution < 1.29 is 18.7 Å². The van der Waals surface area contributed by atoms with Crippen molar-refractivity contribution in [3.8, 4) is 0 Å². The molecule has 4 rings (SSSR count). The van der Waals surface area contributed by atoms with E-state index in [9.17, 15) is 14.0 Å². The first-order valence-corrected chi connectivity index (χ1v) is 10.2. The average Bonchev–Trinajstić information content (AvgIpc) is 2.76. The van der Waals surface area contributed by atoms with Crippen LogP contribution in [0.1, 0.15) is 11.6 Å². The molecule has 6 nitrogen and oxygen atoms in total. The predicted molar refractivity (Wildman–Crippen MR) is 112 cm³/mol. The second-order valence-electron chi connectivity index (χ2n) is 7.52. The van der Waals surface area contributed by atoms with Crippen LogP contribution in [0.3, 0.4) is 0 Å². The number of rotatable bonds is 3. The van der Waals surface area contributed by atoms with Gasteiger partial charge in [-0.3, -0.25) is 9.59 Å². The van der Waals surface area contributed by atoms with Crippen molar-refractivity contribution in [2.75, 3.05) is 44.7 Å². The van der Waals surface area contributed by atoms with Gasteiger partial charge in [0.05, 0.1) is 6.04 Å². The van der Waals surface area contributed by atoms with Gasteiger partial charge in [-0.25, -0.2) is 4.39 Å². The lowest BCUT2D eigenvalue weighted by Crippen LogP contribution is -2.57. The minimum absolute atomic E-state index is 0.144. The van der Waals surface area contributed by atoms with Crippen LogP contribution in [-0.4, -0.2) is 67.6 Å². The van der Waals surface area contributed by atoms with Gasteiger partial charge in [0.25, 0.3) is 5.91 Å².